The van der Waals surface area contributed by atoms with Gasteiger partial charge in [-0.1, -0.05) is 6.07 Å². The Balaban J connectivity index is 2.58. The van der Waals surface area contributed by atoms with E-state index in [2.05, 4.69) is 20.2 Å². The number of benzene rings is 1. The van der Waals surface area contributed by atoms with Gasteiger partial charge in [-0.05, 0) is 47.8 Å². The van der Waals surface area contributed by atoms with Gasteiger partial charge in [-0.15, -0.1) is 0 Å². The Bertz CT molecular complexity index is 625. The van der Waals surface area contributed by atoms with Crippen molar-refractivity contribution in [2.24, 2.45) is 5.11 Å². The van der Waals surface area contributed by atoms with Gasteiger partial charge in [0.25, 0.3) is 0 Å². The molecule has 0 saturated carbocycles. The number of nitrogens with zero attached hydrogens (tertiary/aromatic N) is 4. The van der Waals surface area contributed by atoms with E-state index in [0.717, 1.165) is 22.4 Å². The molecule has 2 rings (SSSR count). The number of nitrogens with one attached hydrogen (secondary N) is 1. The monoisotopic (exact) mass is 243 g/mol. The van der Waals surface area contributed by atoms with E-state index in [4.69, 9.17) is 10.3 Å². The predicted molar refractivity (Wildman–Crippen MR) is 68.9 cm³/mol. The lowest BCUT2D eigenvalue weighted by molar-refractivity contribution is 0.413. The van der Waals surface area contributed by atoms with E-state index >= 15 is 0 Å². The van der Waals surface area contributed by atoms with E-state index in [1.54, 1.807) is 13.2 Å². The van der Waals surface area contributed by atoms with Gasteiger partial charge in [0.1, 0.15) is 11.6 Å². The molecule has 0 aliphatic heterocycles. The van der Waals surface area contributed by atoms with E-state index in [-0.39, 0.29) is 0 Å². The summed E-state index contributed by atoms with van der Waals surface area (Å²) in [5.41, 5.74) is 12.1. The highest BCUT2D eigenvalue weighted by atomic mass is 16.5. The summed E-state index contributed by atoms with van der Waals surface area (Å²) in [4.78, 5) is 2.71. The summed E-state index contributed by atoms with van der Waals surface area (Å²) >= 11 is 0. The molecule has 0 amide bonds. The lowest BCUT2D eigenvalue weighted by Gasteiger charge is -2.10. The first-order valence-corrected chi connectivity index (χ1v) is 5.42. The van der Waals surface area contributed by atoms with Crippen LogP contribution in [0.25, 0.3) is 21.7 Å². The summed E-state index contributed by atoms with van der Waals surface area (Å²) < 4.78 is 5.40. The van der Waals surface area contributed by atoms with Crippen LogP contribution in [0.15, 0.2) is 23.3 Å². The second kappa shape index (κ2) is 4.81. The van der Waals surface area contributed by atoms with Crippen LogP contribution in [-0.2, 0) is 0 Å². The number of methoxy groups -OCH3 is 1. The maximum absolute atomic E-state index is 8.37. The van der Waals surface area contributed by atoms with Crippen molar-refractivity contribution >= 4 is 5.82 Å². The fourth-order valence-electron chi connectivity index (χ4n) is 1.96. The first-order chi connectivity index (χ1) is 8.65. The van der Waals surface area contributed by atoms with E-state index in [1.807, 2.05) is 26.0 Å². The van der Waals surface area contributed by atoms with Crippen LogP contribution in [0.5, 0.6) is 5.75 Å². The maximum Gasteiger partial charge on any atom is 0.131 e. The summed E-state index contributed by atoms with van der Waals surface area (Å²) in [5, 5.41) is 10.3. The fourth-order valence-corrected chi connectivity index (χ4v) is 1.96. The second-order valence-electron chi connectivity index (χ2n) is 3.99. The molecule has 0 atom stereocenters. The van der Waals surface area contributed by atoms with E-state index in [9.17, 15) is 0 Å². The van der Waals surface area contributed by atoms with Gasteiger partial charge in [0.15, 0.2) is 0 Å². The number of H-pyrrole nitrogens is 1. The molecule has 18 heavy (non-hydrogen) atoms. The van der Waals surface area contributed by atoms with Crippen molar-refractivity contribution in [3.8, 4) is 17.0 Å². The van der Waals surface area contributed by atoms with E-state index in [1.165, 1.54) is 0 Å². The molecule has 0 aliphatic rings. The number of aryl methyl sites for hydroxylation is 2. The van der Waals surface area contributed by atoms with Crippen LogP contribution in [0.3, 0.4) is 0 Å². The van der Waals surface area contributed by atoms with Crippen molar-refractivity contribution in [3.05, 3.63) is 39.8 Å². The molecule has 0 unspecified atom stereocenters. The van der Waals surface area contributed by atoms with Crippen molar-refractivity contribution in [2.75, 3.05) is 7.11 Å². The maximum atomic E-state index is 8.37. The van der Waals surface area contributed by atoms with Crippen LogP contribution < -0.4 is 4.74 Å². The van der Waals surface area contributed by atoms with E-state index in [0.29, 0.717) is 11.5 Å². The molecule has 1 aromatic carbocycles. The minimum Gasteiger partial charge on any atom is -0.496 e. The molecule has 6 heteroatoms. The summed E-state index contributed by atoms with van der Waals surface area (Å²) in [5.74, 6) is 1.16. The molecule has 0 fully saturated rings. The van der Waals surface area contributed by atoms with Gasteiger partial charge in [0.05, 0.1) is 12.8 Å². The van der Waals surface area contributed by atoms with Crippen molar-refractivity contribution in [1.82, 2.24) is 10.2 Å². The summed E-state index contributed by atoms with van der Waals surface area (Å²) in [7, 11) is 1.63. The van der Waals surface area contributed by atoms with Gasteiger partial charge in [-0.3, -0.25) is 5.10 Å². The standard InChI is InChI=1S/C12H13N5O/c1-7-4-8(2)12(18-3)9(5-7)10-6-11(15-14-10)16-17-13/h4-6H,1-3H3,(H,14,15). The Hall–Kier alpha value is -2.46. The highest BCUT2D eigenvalue weighted by Gasteiger charge is 2.12. The van der Waals surface area contributed by atoms with Crippen molar-refractivity contribution in [2.45, 2.75) is 13.8 Å². The van der Waals surface area contributed by atoms with Crippen LogP contribution in [0, 0.1) is 13.8 Å². The van der Waals surface area contributed by atoms with Crippen LogP contribution in [0.1, 0.15) is 11.1 Å². The highest BCUT2D eigenvalue weighted by Crippen LogP contribution is 2.34. The molecule has 0 bridgehead atoms. The molecule has 0 radical (unpaired) electrons. The van der Waals surface area contributed by atoms with Gasteiger partial charge >= 0.3 is 0 Å². The number of ether oxygens (including phenoxy) is 1. The zero-order valence-electron chi connectivity index (χ0n) is 10.4. The third-order valence-corrected chi connectivity index (χ3v) is 2.62. The molecule has 0 saturated heterocycles. The van der Waals surface area contributed by atoms with Crippen LogP contribution in [-0.4, -0.2) is 17.3 Å². The average Bonchev–Trinajstić information content (AvgIpc) is 2.77. The van der Waals surface area contributed by atoms with Gasteiger partial charge in [0.2, 0.25) is 0 Å². The van der Waals surface area contributed by atoms with Crippen LogP contribution in [0.2, 0.25) is 0 Å². The average molecular weight is 243 g/mol. The molecule has 0 aliphatic carbocycles. The van der Waals surface area contributed by atoms with Crippen molar-refractivity contribution < 1.29 is 4.74 Å². The molecule has 2 aromatic rings. The smallest absolute Gasteiger partial charge is 0.131 e. The predicted octanol–water partition coefficient (Wildman–Crippen LogP) is 3.64. The minimum absolute atomic E-state index is 0.383. The normalized spacial score (nSPS) is 9.94. The number of hydrogen-bond acceptors (Lipinski definition) is 3. The largest absolute Gasteiger partial charge is 0.496 e. The third-order valence-electron chi connectivity index (χ3n) is 2.62. The molecule has 0 spiro atoms. The first kappa shape index (κ1) is 12.0. The lowest BCUT2D eigenvalue weighted by Crippen LogP contribution is -1.93. The van der Waals surface area contributed by atoms with Crippen molar-refractivity contribution in [3.63, 3.8) is 0 Å². The Morgan fingerprint density at radius 2 is 2.11 bits per heavy atom. The molecule has 1 N–H and O–H groups in total. The fraction of sp³-hybridized carbons (Fsp3) is 0.250. The summed E-state index contributed by atoms with van der Waals surface area (Å²) in [6.07, 6.45) is 0. The number of azide groups is 1. The molecule has 1 aromatic heterocycles. The van der Waals surface area contributed by atoms with Gasteiger partial charge in [-0.2, -0.15) is 5.10 Å². The Morgan fingerprint density at radius 1 is 1.33 bits per heavy atom. The number of hydrogen-bond donors (Lipinski definition) is 1. The zero-order chi connectivity index (χ0) is 13.1. The Morgan fingerprint density at radius 3 is 2.78 bits per heavy atom. The molecular formula is C12H13N5O. The summed E-state index contributed by atoms with van der Waals surface area (Å²) in [6, 6.07) is 5.72. The summed E-state index contributed by atoms with van der Waals surface area (Å²) in [6.45, 7) is 3.99. The number of rotatable bonds is 3. The van der Waals surface area contributed by atoms with Crippen molar-refractivity contribution in [1.29, 1.82) is 0 Å². The highest BCUT2D eigenvalue weighted by molar-refractivity contribution is 5.71. The van der Waals surface area contributed by atoms with E-state index < -0.39 is 0 Å². The Kier molecular flexibility index (Phi) is 3.21. The SMILES string of the molecule is COc1c(C)cc(C)cc1-c1cc(N=[N+]=[N-])[nH]n1. The van der Waals surface area contributed by atoms with Gasteiger partial charge < -0.3 is 4.74 Å². The number of aromatic amines is 1. The second-order valence-corrected chi connectivity index (χ2v) is 3.99. The molecular weight excluding hydrogens is 230 g/mol. The quantitative estimate of drug-likeness (QED) is 0.506. The van der Waals surface area contributed by atoms with Gasteiger partial charge in [0, 0.05) is 10.5 Å². The molecule has 1 heterocycles. The van der Waals surface area contributed by atoms with Crippen LogP contribution >= 0.6 is 0 Å². The first-order valence-electron chi connectivity index (χ1n) is 5.42. The molecule has 6 nitrogen and oxygen atoms in total. The Labute approximate surface area is 104 Å². The topological polar surface area (TPSA) is 86.7 Å². The van der Waals surface area contributed by atoms with Gasteiger partial charge in [-0.25, -0.2) is 0 Å². The lowest BCUT2D eigenvalue weighted by atomic mass is 10.0. The molecule has 92 valence electrons. The number of aromatic nitrogens is 2. The minimum atomic E-state index is 0.383. The third kappa shape index (κ3) is 2.14. The van der Waals surface area contributed by atoms with Crippen LogP contribution in [0.4, 0.5) is 5.82 Å². The zero-order valence-corrected chi connectivity index (χ0v) is 10.4.